The van der Waals surface area contributed by atoms with Crippen LogP contribution in [0.2, 0.25) is 0 Å². The summed E-state index contributed by atoms with van der Waals surface area (Å²) in [7, 11) is -3.49. The highest BCUT2D eigenvalue weighted by molar-refractivity contribution is 7.89. The largest absolute Gasteiger partial charge is 0.349 e. The van der Waals surface area contributed by atoms with E-state index < -0.39 is 10.0 Å². The number of sulfonamides is 1. The number of hydrogen-bond donors (Lipinski definition) is 1. The molecule has 3 unspecified atom stereocenters. The first-order chi connectivity index (χ1) is 13.0. The minimum Gasteiger partial charge on any atom is -0.349 e. The second-order valence-corrected chi connectivity index (χ2v) is 10.4. The molecular weight excluding hydrogens is 360 g/mol. The van der Waals surface area contributed by atoms with Crippen molar-refractivity contribution in [2.75, 3.05) is 13.1 Å². The minimum absolute atomic E-state index is 0.146. The molecule has 0 radical (unpaired) electrons. The highest BCUT2D eigenvalue weighted by Gasteiger charge is 2.33. The van der Waals surface area contributed by atoms with Crippen molar-refractivity contribution in [1.29, 1.82) is 0 Å². The van der Waals surface area contributed by atoms with Crippen LogP contribution >= 0.6 is 0 Å². The van der Waals surface area contributed by atoms with Gasteiger partial charge in [-0.25, -0.2) is 8.42 Å². The smallest absolute Gasteiger partial charge is 0.251 e. The van der Waals surface area contributed by atoms with E-state index in [2.05, 4.69) is 5.32 Å². The normalized spacial score (nSPS) is 29.3. The van der Waals surface area contributed by atoms with Gasteiger partial charge in [0.1, 0.15) is 0 Å². The maximum absolute atomic E-state index is 12.8. The van der Waals surface area contributed by atoms with Crippen LogP contribution in [-0.4, -0.2) is 37.8 Å². The SMILES string of the molecule is O=C(NC1CCC2CCCCC2C1)c1cccc(S(=O)(=O)N2CCCC2)c1. The fourth-order valence-corrected chi connectivity index (χ4v) is 6.71. The van der Waals surface area contributed by atoms with E-state index >= 15 is 0 Å². The van der Waals surface area contributed by atoms with Crippen LogP contribution in [0, 0.1) is 11.8 Å². The zero-order valence-electron chi connectivity index (χ0n) is 15.9. The lowest BCUT2D eigenvalue weighted by Gasteiger charge is -2.39. The molecule has 1 aromatic carbocycles. The first-order valence-electron chi connectivity index (χ1n) is 10.4. The van der Waals surface area contributed by atoms with Crippen LogP contribution in [0.4, 0.5) is 0 Å². The second kappa shape index (κ2) is 7.92. The Morgan fingerprint density at radius 2 is 1.70 bits per heavy atom. The predicted octanol–water partition coefficient (Wildman–Crippen LogP) is 3.56. The number of benzene rings is 1. The lowest BCUT2D eigenvalue weighted by atomic mass is 9.69. The summed E-state index contributed by atoms with van der Waals surface area (Å²) in [5.41, 5.74) is 0.445. The van der Waals surface area contributed by atoms with Gasteiger partial charge in [-0.15, -0.1) is 0 Å². The Balaban J connectivity index is 1.43. The molecule has 1 aliphatic heterocycles. The molecule has 1 aromatic rings. The fraction of sp³-hybridized carbons (Fsp3) is 0.667. The summed E-state index contributed by atoms with van der Waals surface area (Å²) in [5, 5.41) is 3.17. The topological polar surface area (TPSA) is 66.5 Å². The molecule has 3 fully saturated rings. The van der Waals surface area contributed by atoms with Gasteiger partial charge in [-0.1, -0.05) is 31.7 Å². The lowest BCUT2D eigenvalue weighted by molar-refractivity contribution is 0.0879. The first kappa shape index (κ1) is 18.9. The molecule has 2 saturated carbocycles. The number of hydrogen-bond acceptors (Lipinski definition) is 3. The average molecular weight is 391 g/mol. The van der Waals surface area contributed by atoms with E-state index in [1.165, 1.54) is 42.5 Å². The van der Waals surface area contributed by atoms with Gasteiger partial charge in [-0.05, 0) is 62.1 Å². The maximum Gasteiger partial charge on any atom is 0.251 e. The standard InChI is InChI=1S/C21H30N2O3S/c24-21(22-19-11-10-16-6-1-2-7-17(16)14-19)18-8-5-9-20(15-18)27(25,26)23-12-3-4-13-23/h5,8-9,15-17,19H,1-4,6-7,10-14H2,(H,22,24). The van der Waals surface area contributed by atoms with E-state index in [9.17, 15) is 13.2 Å². The summed E-state index contributed by atoms with van der Waals surface area (Å²) in [6, 6.07) is 6.74. The van der Waals surface area contributed by atoms with Gasteiger partial charge in [0.05, 0.1) is 4.90 Å². The molecule has 0 bridgehead atoms. The summed E-state index contributed by atoms with van der Waals surface area (Å²) in [6.45, 7) is 1.15. The van der Waals surface area contributed by atoms with Crippen molar-refractivity contribution >= 4 is 15.9 Å². The van der Waals surface area contributed by atoms with E-state index in [0.29, 0.717) is 18.7 Å². The van der Waals surface area contributed by atoms with Crippen LogP contribution in [0.3, 0.4) is 0 Å². The minimum atomic E-state index is -3.49. The molecule has 0 spiro atoms. The van der Waals surface area contributed by atoms with E-state index in [0.717, 1.165) is 37.5 Å². The van der Waals surface area contributed by atoms with Crippen molar-refractivity contribution in [3.63, 3.8) is 0 Å². The summed E-state index contributed by atoms with van der Waals surface area (Å²) in [5.74, 6) is 1.45. The number of carbonyl (C=O) groups excluding carboxylic acids is 1. The van der Waals surface area contributed by atoms with Crippen LogP contribution in [0.1, 0.15) is 68.1 Å². The third-order valence-corrected chi connectivity index (χ3v) is 8.57. The number of amides is 1. The molecule has 1 heterocycles. The van der Waals surface area contributed by atoms with Crippen LogP contribution in [-0.2, 0) is 10.0 Å². The van der Waals surface area contributed by atoms with E-state index in [1.54, 1.807) is 18.2 Å². The molecule has 1 amide bonds. The Kier molecular flexibility index (Phi) is 5.55. The van der Waals surface area contributed by atoms with Gasteiger partial charge in [0.2, 0.25) is 10.0 Å². The Hall–Kier alpha value is -1.40. The van der Waals surface area contributed by atoms with Crippen LogP contribution in [0.15, 0.2) is 29.2 Å². The average Bonchev–Trinajstić information content (AvgIpc) is 3.24. The van der Waals surface area contributed by atoms with Gasteiger partial charge in [0.15, 0.2) is 0 Å². The molecule has 27 heavy (non-hydrogen) atoms. The molecule has 3 atom stereocenters. The summed E-state index contributed by atoms with van der Waals surface area (Å²) >= 11 is 0. The van der Waals surface area contributed by atoms with Crippen molar-refractivity contribution in [3.8, 4) is 0 Å². The van der Waals surface area contributed by atoms with Gasteiger partial charge >= 0.3 is 0 Å². The van der Waals surface area contributed by atoms with E-state index in [-0.39, 0.29) is 16.8 Å². The quantitative estimate of drug-likeness (QED) is 0.855. The van der Waals surface area contributed by atoms with Crippen LogP contribution < -0.4 is 5.32 Å². The van der Waals surface area contributed by atoms with Crippen molar-refractivity contribution in [2.24, 2.45) is 11.8 Å². The molecule has 5 nitrogen and oxygen atoms in total. The highest BCUT2D eigenvalue weighted by Crippen LogP contribution is 2.40. The van der Waals surface area contributed by atoms with Crippen molar-refractivity contribution in [1.82, 2.24) is 9.62 Å². The monoisotopic (exact) mass is 390 g/mol. The first-order valence-corrected chi connectivity index (χ1v) is 11.9. The van der Waals surface area contributed by atoms with E-state index in [1.807, 2.05) is 0 Å². The number of nitrogens with zero attached hydrogens (tertiary/aromatic N) is 1. The lowest BCUT2D eigenvalue weighted by Crippen LogP contribution is -2.41. The number of nitrogens with one attached hydrogen (secondary N) is 1. The summed E-state index contributed by atoms with van der Waals surface area (Å²) in [4.78, 5) is 13.0. The van der Waals surface area contributed by atoms with Crippen LogP contribution in [0.5, 0.6) is 0 Å². The Labute approximate surface area is 162 Å². The number of carbonyl (C=O) groups is 1. The maximum atomic E-state index is 12.8. The van der Waals surface area contributed by atoms with Crippen molar-refractivity contribution in [3.05, 3.63) is 29.8 Å². The molecule has 4 rings (SSSR count). The van der Waals surface area contributed by atoms with Gasteiger partial charge in [0, 0.05) is 24.7 Å². The van der Waals surface area contributed by atoms with Crippen molar-refractivity contribution < 1.29 is 13.2 Å². The Morgan fingerprint density at radius 3 is 2.48 bits per heavy atom. The third kappa shape index (κ3) is 4.06. The molecule has 0 aromatic heterocycles. The van der Waals surface area contributed by atoms with Gasteiger partial charge < -0.3 is 5.32 Å². The molecule has 6 heteroatoms. The Morgan fingerprint density at radius 1 is 0.963 bits per heavy atom. The highest BCUT2D eigenvalue weighted by atomic mass is 32.2. The molecule has 2 aliphatic carbocycles. The molecule has 1 saturated heterocycles. The fourth-order valence-electron chi connectivity index (χ4n) is 5.15. The predicted molar refractivity (Wildman–Crippen MR) is 105 cm³/mol. The summed E-state index contributed by atoms with van der Waals surface area (Å²) in [6.07, 6.45) is 10.4. The zero-order valence-corrected chi connectivity index (χ0v) is 16.7. The third-order valence-electron chi connectivity index (χ3n) is 6.67. The molecule has 148 valence electrons. The van der Waals surface area contributed by atoms with Gasteiger partial charge in [-0.3, -0.25) is 4.79 Å². The second-order valence-electron chi connectivity index (χ2n) is 8.43. The van der Waals surface area contributed by atoms with Gasteiger partial charge in [-0.2, -0.15) is 4.31 Å². The molecule has 3 aliphatic rings. The molecular formula is C21H30N2O3S. The molecule has 1 N–H and O–H groups in total. The van der Waals surface area contributed by atoms with Gasteiger partial charge in [0.25, 0.3) is 5.91 Å². The van der Waals surface area contributed by atoms with Crippen molar-refractivity contribution in [2.45, 2.75) is 68.7 Å². The van der Waals surface area contributed by atoms with Crippen LogP contribution in [0.25, 0.3) is 0 Å². The summed E-state index contributed by atoms with van der Waals surface area (Å²) < 4.78 is 27.0. The number of fused-ring (bicyclic) bond motifs is 1. The Bertz CT molecular complexity index is 786. The van der Waals surface area contributed by atoms with E-state index in [4.69, 9.17) is 0 Å². The number of rotatable bonds is 4. The zero-order chi connectivity index (χ0) is 18.9.